The number of carbonyl (C=O) groups is 3. The zero-order valence-corrected chi connectivity index (χ0v) is 16.6. The van der Waals surface area contributed by atoms with Crippen LogP contribution in [0.5, 0.6) is 0 Å². The molecule has 0 aliphatic rings. The van der Waals surface area contributed by atoms with Gasteiger partial charge in [-0.25, -0.2) is 0 Å². The first-order valence-electron chi connectivity index (χ1n) is 8.30. The molecular formula is C17H30O6Si. The second-order valence-electron chi connectivity index (χ2n) is 5.68. The molecular weight excluding hydrogens is 328 g/mol. The molecule has 138 valence electrons. The van der Waals surface area contributed by atoms with E-state index in [0.29, 0.717) is 0 Å². The number of hydrogen-bond donors (Lipinski definition) is 0. The molecule has 0 spiro atoms. The highest BCUT2D eigenvalue weighted by Gasteiger charge is 2.37. The van der Waals surface area contributed by atoms with Crippen LogP contribution in [-0.2, 0) is 28.6 Å². The van der Waals surface area contributed by atoms with Gasteiger partial charge in [0.05, 0.1) is 22.3 Å². The van der Waals surface area contributed by atoms with Gasteiger partial charge in [0.2, 0.25) is 0 Å². The second kappa shape index (κ2) is 11.0. The largest absolute Gasteiger partial charge is 0.468 e. The average Bonchev–Trinajstić information content (AvgIpc) is 2.59. The molecule has 0 aromatic carbocycles. The Balaban J connectivity index is 5.69. The summed E-state index contributed by atoms with van der Waals surface area (Å²) in [6.45, 7) is 7.89. The predicted octanol–water partition coefficient (Wildman–Crippen LogP) is 2.88. The van der Waals surface area contributed by atoms with Crippen LogP contribution in [0.4, 0.5) is 0 Å². The summed E-state index contributed by atoms with van der Waals surface area (Å²) >= 11 is 0. The highest BCUT2D eigenvalue weighted by molar-refractivity contribution is 6.86. The molecule has 0 rings (SSSR count). The van der Waals surface area contributed by atoms with Crippen molar-refractivity contribution in [1.82, 2.24) is 0 Å². The third-order valence-electron chi connectivity index (χ3n) is 4.72. The van der Waals surface area contributed by atoms with E-state index < -0.39 is 25.9 Å². The van der Waals surface area contributed by atoms with Crippen LogP contribution in [0.2, 0.25) is 18.1 Å². The molecule has 0 aliphatic heterocycles. The van der Waals surface area contributed by atoms with Gasteiger partial charge in [0.25, 0.3) is 0 Å². The highest BCUT2D eigenvalue weighted by Crippen LogP contribution is 2.33. The van der Waals surface area contributed by atoms with E-state index in [4.69, 9.17) is 14.2 Å². The van der Waals surface area contributed by atoms with E-state index in [-0.39, 0.29) is 19.0 Å². The number of esters is 3. The summed E-state index contributed by atoms with van der Waals surface area (Å²) in [4.78, 5) is 35.0. The quantitative estimate of drug-likeness (QED) is 0.259. The van der Waals surface area contributed by atoms with Crippen molar-refractivity contribution in [3.05, 3.63) is 11.3 Å². The van der Waals surface area contributed by atoms with E-state index in [9.17, 15) is 14.4 Å². The minimum atomic E-state index is -1.84. The average molecular weight is 359 g/mol. The maximum Gasteiger partial charge on any atom is 0.320 e. The number of rotatable bonds is 10. The summed E-state index contributed by atoms with van der Waals surface area (Å²) in [6.07, 6.45) is 2.12. The molecule has 6 nitrogen and oxygen atoms in total. The van der Waals surface area contributed by atoms with Crippen molar-refractivity contribution in [3.63, 3.8) is 0 Å². The van der Waals surface area contributed by atoms with Crippen molar-refractivity contribution < 1.29 is 28.6 Å². The molecule has 0 heterocycles. The van der Waals surface area contributed by atoms with Crippen LogP contribution < -0.4 is 0 Å². The maximum atomic E-state index is 12.0. The number of carbonyl (C=O) groups excluding carboxylic acids is 3. The van der Waals surface area contributed by atoms with E-state index in [1.165, 1.54) is 21.1 Å². The molecule has 0 radical (unpaired) electrons. The van der Waals surface area contributed by atoms with Gasteiger partial charge in [-0.3, -0.25) is 14.4 Å². The van der Waals surface area contributed by atoms with Gasteiger partial charge in [0.1, 0.15) is 6.61 Å². The fourth-order valence-electron chi connectivity index (χ4n) is 2.97. The highest BCUT2D eigenvalue weighted by atomic mass is 28.3. The first kappa shape index (κ1) is 22.4. The molecule has 24 heavy (non-hydrogen) atoms. The van der Waals surface area contributed by atoms with Crippen molar-refractivity contribution >= 4 is 26.0 Å². The Morgan fingerprint density at radius 3 is 1.75 bits per heavy atom. The SMILES string of the molecule is CC[Si](CC)(CC)/C(=C/COC(C)=O)CC(C(=O)OC)C(=O)OC. The molecule has 0 unspecified atom stereocenters. The number of allylic oxidation sites excluding steroid dienone is 1. The molecule has 7 heteroatoms. The third-order valence-corrected chi connectivity index (χ3v) is 10.6. The molecule has 0 aliphatic carbocycles. The molecule has 0 aromatic rings. The van der Waals surface area contributed by atoms with Gasteiger partial charge in [-0.05, 0) is 6.42 Å². The summed E-state index contributed by atoms with van der Waals surface area (Å²) in [7, 11) is 0.665. The monoisotopic (exact) mass is 358 g/mol. The fourth-order valence-corrected chi connectivity index (χ4v) is 6.99. The lowest BCUT2D eigenvalue weighted by molar-refractivity contribution is -0.158. The van der Waals surface area contributed by atoms with Crippen LogP contribution in [0.25, 0.3) is 0 Å². The summed E-state index contributed by atoms with van der Waals surface area (Å²) in [5.74, 6) is -2.56. The number of hydrogen-bond acceptors (Lipinski definition) is 6. The van der Waals surface area contributed by atoms with E-state index in [2.05, 4.69) is 20.8 Å². The molecule has 0 aromatic heterocycles. The normalized spacial score (nSPS) is 12.0. The lowest BCUT2D eigenvalue weighted by atomic mass is 10.1. The molecule has 0 amide bonds. The molecule has 0 bridgehead atoms. The molecule has 0 saturated carbocycles. The van der Waals surface area contributed by atoms with Crippen molar-refractivity contribution in [3.8, 4) is 0 Å². The van der Waals surface area contributed by atoms with Gasteiger partial charge >= 0.3 is 17.9 Å². The van der Waals surface area contributed by atoms with Gasteiger partial charge in [0, 0.05) is 6.92 Å². The fraction of sp³-hybridized carbons (Fsp3) is 0.706. The summed E-state index contributed by atoms with van der Waals surface area (Å²) < 4.78 is 14.5. The Labute approximate surface area is 145 Å². The molecule has 0 saturated heterocycles. The standard InChI is InChI=1S/C17H30O6Si/c1-7-24(8-2,9-3)14(10-11-23-13(4)18)12-15(16(19)21-5)17(20)22-6/h10,15H,7-9,11-12H2,1-6H3/b14-10+. The number of ether oxygens (including phenoxy) is 3. The van der Waals surface area contributed by atoms with Gasteiger partial charge in [-0.15, -0.1) is 0 Å². The van der Waals surface area contributed by atoms with Crippen LogP contribution in [0, 0.1) is 5.92 Å². The Hall–Kier alpha value is -1.63. The van der Waals surface area contributed by atoms with Crippen molar-refractivity contribution in [1.29, 1.82) is 0 Å². The van der Waals surface area contributed by atoms with Crippen LogP contribution in [0.15, 0.2) is 11.3 Å². The van der Waals surface area contributed by atoms with Gasteiger partial charge in [-0.2, -0.15) is 0 Å². The first-order valence-corrected chi connectivity index (χ1v) is 10.9. The lowest BCUT2D eigenvalue weighted by Gasteiger charge is -2.32. The maximum absolute atomic E-state index is 12.0. The van der Waals surface area contributed by atoms with E-state index in [0.717, 1.165) is 23.3 Å². The Bertz CT molecular complexity index is 443. The van der Waals surface area contributed by atoms with Crippen molar-refractivity contribution in [2.75, 3.05) is 20.8 Å². The zero-order chi connectivity index (χ0) is 18.8. The Morgan fingerprint density at radius 2 is 1.42 bits per heavy atom. The van der Waals surface area contributed by atoms with Crippen LogP contribution in [0.3, 0.4) is 0 Å². The molecule has 0 fully saturated rings. The third kappa shape index (κ3) is 6.11. The summed E-state index contributed by atoms with van der Waals surface area (Å²) in [6, 6.07) is 2.96. The van der Waals surface area contributed by atoms with Gasteiger partial charge in [-0.1, -0.05) is 50.2 Å². The summed E-state index contributed by atoms with van der Waals surface area (Å²) in [5, 5.41) is 1.05. The Morgan fingerprint density at radius 1 is 0.958 bits per heavy atom. The van der Waals surface area contributed by atoms with E-state index in [1.54, 1.807) is 0 Å². The summed E-state index contributed by atoms with van der Waals surface area (Å²) in [5.41, 5.74) is 0. The van der Waals surface area contributed by atoms with E-state index in [1.807, 2.05) is 6.08 Å². The Kier molecular flexibility index (Phi) is 10.3. The molecule has 0 atom stereocenters. The van der Waals surface area contributed by atoms with Crippen molar-refractivity contribution in [2.24, 2.45) is 5.92 Å². The molecule has 0 N–H and O–H groups in total. The minimum Gasteiger partial charge on any atom is -0.468 e. The lowest BCUT2D eigenvalue weighted by Crippen LogP contribution is -2.38. The first-order chi connectivity index (χ1) is 11.3. The van der Waals surface area contributed by atoms with E-state index >= 15 is 0 Å². The van der Waals surface area contributed by atoms with Gasteiger partial charge in [0.15, 0.2) is 5.92 Å². The smallest absolute Gasteiger partial charge is 0.320 e. The van der Waals surface area contributed by atoms with Crippen molar-refractivity contribution in [2.45, 2.75) is 52.2 Å². The van der Waals surface area contributed by atoms with Gasteiger partial charge < -0.3 is 14.2 Å². The zero-order valence-electron chi connectivity index (χ0n) is 15.6. The van der Waals surface area contributed by atoms with Crippen LogP contribution in [-0.4, -0.2) is 46.8 Å². The van der Waals surface area contributed by atoms with Crippen LogP contribution >= 0.6 is 0 Å². The topological polar surface area (TPSA) is 78.9 Å². The number of methoxy groups -OCH3 is 2. The predicted molar refractivity (Wildman–Crippen MR) is 94.1 cm³/mol. The minimum absolute atomic E-state index is 0.147. The second-order valence-corrected chi connectivity index (χ2v) is 11.0. The van der Waals surface area contributed by atoms with Crippen LogP contribution in [0.1, 0.15) is 34.1 Å².